The van der Waals surface area contributed by atoms with Gasteiger partial charge in [0.15, 0.2) is 0 Å². The monoisotopic (exact) mass is 358 g/mol. The van der Waals surface area contributed by atoms with Crippen molar-refractivity contribution in [2.45, 2.75) is 32.2 Å². The Morgan fingerprint density at radius 2 is 1.44 bits per heavy atom. The second-order valence-corrected chi connectivity index (χ2v) is 8.84. The maximum atomic E-state index is 12.9. The first-order valence-electron chi connectivity index (χ1n) is 8.71. The number of aryl methyl sites for hydroxylation is 3. The number of benzene rings is 2. The zero-order valence-electron chi connectivity index (χ0n) is 15.2. The van der Waals surface area contributed by atoms with Gasteiger partial charge in [-0.1, -0.05) is 47.5 Å². The molecule has 0 unspecified atom stereocenters. The fourth-order valence-electron chi connectivity index (χ4n) is 3.31. The molecular formula is C20H26N2O2S. The lowest BCUT2D eigenvalue weighted by Crippen LogP contribution is -2.48. The molecule has 0 atom stereocenters. The molecule has 2 aromatic carbocycles. The van der Waals surface area contributed by atoms with Gasteiger partial charge in [0, 0.05) is 32.7 Å². The summed E-state index contributed by atoms with van der Waals surface area (Å²) in [5.74, 6) is 0. The van der Waals surface area contributed by atoms with Crippen LogP contribution in [0.3, 0.4) is 0 Å². The van der Waals surface area contributed by atoms with Gasteiger partial charge in [-0.25, -0.2) is 8.42 Å². The number of hydrogen-bond donors (Lipinski definition) is 0. The van der Waals surface area contributed by atoms with Gasteiger partial charge in [0.05, 0.1) is 4.90 Å². The van der Waals surface area contributed by atoms with Gasteiger partial charge in [-0.15, -0.1) is 0 Å². The third kappa shape index (κ3) is 4.11. The molecule has 25 heavy (non-hydrogen) atoms. The molecule has 1 aliphatic rings. The minimum Gasteiger partial charge on any atom is -0.296 e. The molecule has 3 rings (SSSR count). The maximum Gasteiger partial charge on any atom is 0.243 e. The number of nitrogens with zero attached hydrogens (tertiary/aromatic N) is 2. The fourth-order valence-corrected chi connectivity index (χ4v) is 4.94. The van der Waals surface area contributed by atoms with E-state index in [0.717, 1.165) is 30.8 Å². The highest BCUT2D eigenvalue weighted by Crippen LogP contribution is 2.22. The molecule has 0 aromatic heterocycles. The minimum absolute atomic E-state index is 0.435. The van der Waals surface area contributed by atoms with Crippen LogP contribution >= 0.6 is 0 Å². The first kappa shape index (κ1) is 18.1. The highest BCUT2D eigenvalue weighted by molar-refractivity contribution is 7.89. The van der Waals surface area contributed by atoms with E-state index < -0.39 is 10.0 Å². The summed E-state index contributed by atoms with van der Waals surface area (Å²) in [5, 5.41) is 0. The SMILES string of the molecule is Cc1ccc(CN2CCN(S(=O)(=O)c3ccc(C)cc3C)CC2)cc1. The second-order valence-electron chi connectivity index (χ2n) is 6.93. The van der Waals surface area contributed by atoms with Crippen LogP contribution in [0, 0.1) is 20.8 Å². The molecule has 0 N–H and O–H groups in total. The average Bonchev–Trinajstić information content (AvgIpc) is 2.57. The molecule has 0 aliphatic carbocycles. The van der Waals surface area contributed by atoms with Gasteiger partial charge in [-0.2, -0.15) is 4.31 Å². The molecule has 1 fully saturated rings. The first-order chi connectivity index (χ1) is 11.9. The number of sulfonamides is 1. The summed E-state index contributed by atoms with van der Waals surface area (Å²) in [6.07, 6.45) is 0. The Hall–Kier alpha value is -1.69. The Morgan fingerprint density at radius 1 is 0.840 bits per heavy atom. The lowest BCUT2D eigenvalue weighted by atomic mass is 10.1. The van der Waals surface area contributed by atoms with E-state index in [-0.39, 0.29) is 0 Å². The zero-order chi connectivity index (χ0) is 18.0. The highest BCUT2D eigenvalue weighted by atomic mass is 32.2. The van der Waals surface area contributed by atoms with Gasteiger partial charge in [-0.05, 0) is 38.0 Å². The van der Waals surface area contributed by atoms with E-state index in [0.29, 0.717) is 18.0 Å². The molecule has 1 aliphatic heterocycles. The number of rotatable bonds is 4. The van der Waals surface area contributed by atoms with Crippen LogP contribution in [0.1, 0.15) is 22.3 Å². The Balaban J connectivity index is 1.66. The van der Waals surface area contributed by atoms with Gasteiger partial charge in [0.25, 0.3) is 0 Å². The topological polar surface area (TPSA) is 40.6 Å². The fraction of sp³-hybridized carbons (Fsp3) is 0.400. The summed E-state index contributed by atoms with van der Waals surface area (Å²) in [5.41, 5.74) is 4.44. The molecule has 0 saturated carbocycles. The minimum atomic E-state index is -3.40. The van der Waals surface area contributed by atoms with E-state index in [4.69, 9.17) is 0 Å². The van der Waals surface area contributed by atoms with Gasteiger partial charge < -0.3 is 0 Å². The number of hydrogen-bond acceptors (Lipinski definition) is 3. The third-order valence-corrected chi connectivity index (χ3v) is 6.87. The summed E-state index contributed by atoms with van der Waals surface area (Å²) in [7, 11) is -3.40. The second kappa shape index (κ2) is 7.28. The lowest BCUT2D eigenvalue weighted by Gasteiger charge is -2.34. The predicted molar refractivity (Wildman–Crippen MR) is 101 cm³/mol. The van der Waals surface area contributed by atoms with Crippen molar-refractivity contribution in [3.63, 3.8) is 0 Å². The van der Waals surface area contributed by atoms with Crippen molar-refractivity contribution >= 4 is 10.0 Å². The Kier molecular flexibility index (Phi) is 5.27. The van der Waals surface area contributed by atoms with E-state index in [2.05, 4.69) is 36.1 Å². The Bertz CT molecular complexity index is 836. The van der Waals surface area contributed by atoms with Crippen LogP contribution in [0.2, 0.25) is 0 Å². The van der Waals surface area contributed by atoms with Crippen LogP contribution in [0.5, 0.6) is 0 Å². The van der Waals surface area contributed by atoms with Crippen molar-refractivity contribution in [3.8, 4) is 0 Å². The summed E-state index contributed by atoms with van der Waals surface area (Å²) in [4.78, 5) is 2.75. The van der Waals surface area contributed by atoms with Crippen molar-refractivity contribution < 1.29 is 8.42 Å². The maximum absolute atomic E-state index is 12.9. The van der Waals surface area contributed by atoms with Crippen molar-refractivity contribution in [1.82, 2.24) is 9.21 Å². The molecule has 5 heteroatoms. The van der Waals surface area contributed by atoms with Crippen molar-refractivity contribution in [1.29, 1.82) is 0 Å². The zero-order valence-corrected chi connectivity index (χ0v) is 16.0. The average molecular weight is 359 g/mol. The Morgan fingerprint density at radius 3 is 2.04 bits per heavy atom. The van der Waals surface area contributed by atoms with Crippen molar-refractivity contribution in [3.05, 3.63) is 64.7 Å². The van der Waals surface area contributed by atoms with Crippen molar-refractivity contribution in [2.75, 3.05) is 26.2 Å². The van der Waals surface area contributed by atoms with E-state index in [1.807, 2.05) is 26.0 Å². The standard InChI is InChI=1S/C20H26N2O2S/c1-16-4-7-19(8-5-16)15-21-10-12-22(13-11-21)25(23,24)20-9-6-17(2)14-18(20)3/h4-9,14H,10-13,15H2,1-3H3. The molecule has 2 aromatic rings. The Labute approximate surface area is 151 Å². The van der Waals surface area contributed by atoms with Crippen LogP contribution in [-0.2, 0) is 16.6 Å². The highest BCUT2D eigenvalue weighted by Gasteiger charge is 2.29. The van der Waals surface area contributed by atoms with E-state index >= 15 is 0 Å². The molecule has 1 heterocycles. The van der Waals surface area contributed by atoms with Crippen LogP contribution in [0.15, 0.2) is 47.4 Å². The molecule has 0 bridgehead atoms. The molecule has 0 radical (unpaired) electrons. The number of piperazine rings is 1. The molecule has 0 spiro atoms. The van der Waals surface area contributed by atoms with Crippen LogP contribution in [0.4, 0.5) is 0 Å². The quantitative estimate of drug-likeness (QED) is 0.843. The van der Waals surface area contributed by atoms with Gasteiger partial charge in [-0.3, -0.25) is 4.90 Å². The summed E-state index contributed by atoms with van der Waals surface area (Å²) in [6.45, 7) is 9.41. The largest absolute Gasteiger partial charge is 0.296 e. The van der Waals surface area contributed by atoms with E-state index in [1.54, 1.807) is 10.4 Å². The van der Waals surface area contributed by atoms with E-state index in [1.165, 1.54) is 11.1 Å². The summed E-state index contributed by atoms with van der Waals surface area (Å²) < 4.78 is 27.5. The predicted octanol–water partition coefficient (Wildman–Crippen LogP) is 3.12. The summed E-state index contributed by atoms with van der Waals surface area (Å²) >= 11 is 0. The smallest absolute Gasteiger partial charge is 0.243 e. The van der Waals surface area contributed by atoms with Crippen LogP contribution in [0.25, 0.3) is 0 Å². The molecule has 134 valence electrons. The molecule has 0 amide bonds. The molecular weight excluding hydrogens is 332 g/mol. The van der Waals surface area contributed by atoms with Crippen LogP contribution in [-0.4, -0.2) is 43.8 Å². The van der Waals surface area contributed by atoms with Gasteiger partial charge in [0.2, 0.25) is 10.0 Å². The summed E-state index contributed by atoms with van der Waals surface area (Å²) in [6, 6.07) is 14.1. The normalized spacial score (nSPS) is 16.9. The molecule has 4 nitrogen and oxygen atoms in total. The van der Waals surface area contributed by atoms with Gasteiger partial charge in [0.1, 0.15) is 0 Å². The molecule has 1 saturated heterocycles. The van der Waals surface area contributed by atoms with Crippen LogP contribution < -0.4 is 0 Å². The van der Waals surface area contributed by atoms with Gasteiger partial charge >= 0.3 is 0 Å². The first-order valence-corrected chi connectivity index (χ1v) is 10.2. The van der Waals surface area contributed by atoms with E-state index in [9.17, 15) is 8.42 Å². The third-order valence-electron chi connectivity index (χ3n) is 4.81. The van der Waals surface area contributed by atoms with Crippen molar-refractivity contribution in [2.24, 2.45) is 0 Å². The lowest BCUT2D eigenvalue weighted by molar-refractivity contribution is 0.181.